The monoisotopic (exact) mass is 694 g/mol. The Balaban J connectivity index is 1.52. The lowest BCUT2D eigenvalue weighted by Gasteiger charge is -2.26. The van der Waals surface area contributed by atoms with Gasteiger partial charge in [0.05, 0.1) is 12.8 Å². The van der Waals surface area contributed by atoms with Gasteiger partial charge in [-0.1, -0.05) is 99.3 Å². The number of carbonyl (C=O) groups excluding carboxylic acids is 1. The first-order chi connectivity index (χ1) is 23.3. The van der Waals surface area contributed by atoms with Gasteiger partial charge in [0.15, 0.2) is 0 Å². The third-order valence-electron chi connectivity index (χ3n) is 8.47. The summed E-state index contributed by atoms with van der Waals surface area (Å²) in [4.78, 5) is 11.7. The van der Waals surface area contributed by atoms with Crippen molar-refractivity contribution >= 4 is 33.6 Å². The van der Waals surface area contributed by atoms with Crippen LogP contribution in [0.3, 0.4) is 0 Å². The number of esters is 1. The third-order valence-corrected chi connectivity index (χ3v) is 10.7. The van der Waals surface area contributed by atoms with Gasteiger partial charge in [0.25, 0.3) is 0 Å². The summed E-state index contributed by atoms with van der Waals surface area (Å²) < 4.78 is 35.9. The highest BCUT2D eigenvalue weighted by Crippen LogP contribution is 2.21. The molecule has 0 saturated carbocycles. The van der Waals surface area contributed by atoms with E-state index in [-0.39, 0.29) is 25.5 Å². The zero-order valence-corrected chi connectivity index (χ0v) is 30.2. The number of methoxy groups -OCH3 is 1. The van der Waals surface area contributed by atoms with Gasteiger partial charge in [-0.2, -0.15) is 9.40 Å². The molecule has 0 radical (unpaired) electrons. The molecule has 0 aliphatic carbocycles. The van der Waals surface area contributed by atoms with E-state index in [0.29, 0.717) is 12.8 Å². The highest BCUT2D eigenvalue weighted by molar-refractivity contribution is 7.89. The van der Waals surface area contributed by atoms with Crippen molar-refractivity contribution in [1.29, 1.82) is 0 Å². The number of ether oxygens (including phenoxy) is 1. The van der Waals surface area contributed by atoms with Gasteiger partial charge < -0.3 is 10.5 Å². The van der Waals surface area contributed by atoms with Gasteiger partial charge in [0.1, 0.15) is 5.37 Å². The van der Waals surface area contributed by atoms with Gasteiger partial charge >= 0.3 is 5.97 Å². The number of thiocarbonyl (C=S) groups is 1. The molecule has 0 amide bonds. The van der Waals surface area contributed by atoms with E-state index in [1.54, 1.807) is 10.9 Å². The van der Waals surface area contributed by atoms with Crippen LogP contribution < -0.4 is 5.73 Å². The zero-order chi connectivity index (χ0) is 34.5. The molecular weight excluding hydrogens is 641 g/mol. The van der Waals surface area contributed by atoms with Crippen molar-refractivity contribution in [3.05, 3.63) is 95.8 Å². The minimum Gasteiger partial charge on any atom is -0.469 e. The summed E-state index contributed by atoms with van der Waals surface area (Å²) in [5, 5.41) is 5.12. The van der Waals surface area contributed by atoms with Gasteiger partial charge in [-0.3, -0.25) is 4.79 Å². The topological polar surface area (TPSA) is 108 Å². The maximum absolute atomic E-state index is 13.9. The molecule has 10 heteroatoms. The second kappa shape index (κ2) is 22.5. The Morgan fingerprint density at radius 1 is 0.875 bits per heavy atom. The van der Waals surface area contributed by atoms with E-state index < -0.39 is 15.4 Å². The SMILES string of the molecule is COC(=O)CCc1cccc(CN(Cc2ccc(-n3cccn3)cc2)S(=O)(=O)C(N)CCCCCC/C=C\CCCCCCCC=S)c1. The van der Waals surface area contributed by atoms with Gasteiger partial charge in [-0.25, -0.2) is 13.1 Å². The number of benzene rings is 2. The largest absolute Gasteiger partial charge is 0.469 e. The van der Waals surface area contributed by atoms with Gasteiger partial charge in [0.2, 0.25) is 10.0 Å². The first kappa shape index (κ1) is 39.3. The number of aromatic nitrogens is 2. The van der Waals surface area contributed by atoms with Crippen molar-refractivity contribution < 1.29 is 17.9 Å². The molecule has 2 N–H and O–H groups in total. The Morgan fingerprint density at radius 2 is 1.50 bits per heavy atom. The molecule has 2 aromatic carbocycles. The number of aryl methyl sites for hydroxylation is 1. The quantitative estimate of drug-likeness (QED) is 0.0412. The van der Waals surface area contributed by atoms with Crippen LogP contribution >= 0.6 is 12.2 Å². The van der Waals surface area contributed by atoms with Crippen LogP contribution in [0.4, 0.5) is 0 Å². The van der Waals surface area contributed by atoms with E-state index in [2.05, 4.69) is 17.3 Å². The first-order valence-corrected chi connectivity index (χ1v) is 19.4. The van der Waals surface area contributed by atoms with Crippen LogP contribution in [-0.4, -0.2) is 46.3 Å². The Bertz CT molecular complexity index is 1470. The summed E-state index contributed by atoms with van der Waals surface area (Å²) in [6.07, 6.45) is 22.8. The molecule has 0 bridgehead atoms. The van der Waals surface area contributed by atoms with Crippen LogP contribution in [0.1, 0.15) is 107 Å². The molecule has 3 aromatic rings. The lowest BCUT2D eigenvalue weighted by Crippen LogP contribution is -2.42. The molecule has 0 aliphatic heterocycles. The van der Waals surface area contributed by atoms with Crippen molar-refractivity contribution in [2.75, 3.05) is 7.11 Å². The van der Waals surface area contributed by atoms with Crippen molar-refractivity contribution in [3.8, 4) is 5.69 Å². The summed E-state index contributed by atoms with van der Waals surface area (Å²) in [6, 6.07) is 17.3. The van der Waals surface area contributed by atoms with Crippen molar-refractivity contribution in [2.45, 2.75) is 115 Å². The van der Waals surface area contributed by atoms with Crippen LogP contribution in [0.25, 0.3) is 5.69 Å². The smallest absolute Gasteiger partial charge is 0.305 e. The average Bonchev–Trinajstić information content (AvgIpc) is 3.64. The van der Waals surface area contributed by atoms with E-state index in [1.807, 2.05) is 66.2 Å². The highest BCUT2D eigenvalue weighted by Gasteiger charge is 2.29. The highest BCUT2D eigenvalue weighted by atomic mass is 32.2. The molecular formula is C38H54N4O4S2. The molecule has 48 heavy (non-hydrogen) atoms. The number of nitrogens with zero attached hydrogens (tertiary/aromatic N) is 3. The number of allylic oxidation sites excluding steroid dienone is 2. The zero-order valence-electron chi connectivity index (χ0n) is 28.5. The minimum atomic E-state index is -3.81. The van der Waals surface area contributed by atoms with Crippen molar-refractivity contribution in [1.82, 2.24) is 14.1 Å². The number of nitrogens with two attached hydrogens (primary N) is 1. The fraction of sp³-hybridized carbons (Fsp3) is 0.500. The number of rotatable bonds is 25. The number of hydrogen-bond acceptors (Lipinski definition) is 7. The van der Waals surface area contributed by atoms with E-state index in [0.717, 1.165) is 67.3 Å². The maximum atomic E-state index is 13.9. The predicted octanol–water partition coefficient (Wildman–Crippen LogP) is 8.22. The molecule has 262 valence electrons. The summed E-state index contributed by atoms with van der Waals surface area (Å²) in [7, 11) is -2.44. The Labute approximate surface area is 293 Å². The van der Waals surface area contributed by atoms with E-state index in [4.69, 9.17) is 22.7 Å². The first-order valence-electron chi connectivity index (χ1n) is 17.4. The lowest BCUT2D eigenvalue weighted by atomic mass is 10.1. The molecule has 8 nitrogen and oxygen atoms in total. The van der Waals surface area contributed by atoms with E-state index in [9.17, 15) is 13.2 Å². The summed E-state index contributed by atoms with van der Waals surface area (Å²) >= 11 is 4.87. The second-order valence-corrected chi connectivity index (χ2v) is 14.8. The molecule has 0 aliphatic rings. The Hall–Kier alpha value is -3.18. The van der Waals surface area contributed by atoms with Crippen LogP contribution in [-0.2, 0) is 39.1 Å². The number of carbonyl (C=O) groups is 1. The second-order valence-electron chi connectivity index (χ2n) is 12.3. The molecule has 0 spiro atoms. The van der Waals surface area contributed by atoms with Gasteiger partial charge in [0, 0.05) is 31.9 Å². The minimum absolute atomic E-state index is 0.184. The fourth-order valence-corrected chi connectivity index (χ4v) is 7.28. The van der Waals surface area contributed by atoms with Crippen molar-refractivity contribution in [3.63, 3.8) is 0 Å². The standard InChI is InChI=1S/C38H54N4O4S2/c1-46-38(43)26-23-33-18-16-19-35(30-33)32-41(31-34-21-24-36(25-22-34)42-28-17-27-40-42)48(44,45)37(39)20-14-12-10-8-6-4-2-3-5-7-9-11-13-15-29-47/h2,4,16-19,21-22,24-25,27-30,37H,3,5-15,20,23,26,31-32,39H2,1H3/b4-2-. The third kappa shape index (κ3) is 14.5. The average molecular weight is 695 g/mol. The van der Waals surface area contributed by atoms with Crippen molar-refractivity contribution in [2.24, 2.45) is 5.73 Å². The number of unbranched alkanes of at least 4 members (excludes halogenated alkanes) is 10. The number of sulfonamides is 1. The predicted molar refractivity (Wildman–Crippen MR) is 199 cm³/mol. The molecule has 1 aromatic heterocycles. The summed E-state index contributed by atoms with van der Waals surface area (Å²) in [5.74, 6) is -0.277. The molecule has 0 saturated heterocycles. The summed E-state index contributed by atoms with van der Waals surface area (Å²) in [6.45, 7) is 0.380. The van der Waals surface area contributed by atoms with E-state index in [1.165, 1.54) is 43.5 Å². The van der Waals surface area contributed by atoms with Crippen LogP contribution in [0.15, 0.2) is 79.1 Å². The number of hydrogen-bond donors (Lipinski definition) is 1. The maximum Gasteiger partial charge on any atom is 0.305 e. The Kier molecular flexibility index (Phi) is 18.4. The van der Waals surface area contributed by atoms with Crippen LogP contribution in [0, 0.1) is 0 Å². The fourth-order valence-electron chi connectivity index (χ4n) is 5.61. The summed E-state index contributed by atoms with van der Waals surface area (Å²) in [5.41, 5.74) is 9.97. The van der Waals surface area contributed by atoms with Gasteiger partial charge in [-0.05, 0) is 91.6 Å². The molecule has 3 rings (SSSR count). The normalized spacial score (nSPS) is 12.5. The molecule has 1 atom stereocenters. The van der Waals surface area contributed by atoms with Gasteiger partial charge in [-0.15, -0.1) is 0 Å². The van der Waals surface area contributed by atoms with E-state index >= 15 is 0 Å². The Morgan fingerprint density at radius 3 is 2.15 bits per heavy atom. The molecule has 0 fully saturated rings. The molecule has 1 unspecified atom stereocenters. The van der Waals surface area contributed by atoms with Crippen LogP contribution in [0.5, 0.6) is 0 Å². The molecule has 1 heterocycles. The lowest BCUT2D eigenvalue weighted by molar-refractivity contribution is -0.140. The van der Waals surface area contributed by atoms with Crippen LogP contribution in [0.2, 0.25) is 0 Å².